The van der Waals surface area contributed by atoms with Crippen molar-refractivity contribution >= 4 is 5.69 Å². The first-order valence-corrected chi connectivity index (χ1v) is 7.60. The first kappa shape index (κ1) is 14.4. The molecule has 1 aromatic carbocycles. The van der Waals surface area contributed by atoms with Gasteiger partial charge in [0.2, 0.25) is 0 Å². The molecule has 19 heavy (non-hydrogen) atoms. The number of nitrogens with zero attached hydrogens (tertiary/aromatic N) is 2. The monoisotopic (exact) mass is 261 g/mol. The average molecular weight is 261 g/mol. The van der Waals surface area contributed by atoms with Gasteiger partial charge in [0.1, 0.15) is 0 Å². The normalized spacial score (nSPS) is 16.8. The maximum absolute atomic E-state index is 5.57. The molecule has 0 radical (unpaired) electrons. The molecule has 0 aromatic heterocycles. The molecule has 1 aliphatic rings. The first-order chi connectivity index (χ1) is 9.33. The lowest BCUT2D eigenvalue weighted by Gasteiger charge is -2.36. The average Bonchev–Trinajstić information content (AvgIpc) is 2.47. The van der Waals surface area contributed by atoms with Gasteiger partial charge in [0.15, 0.2) is 0 Å². The number of hydrogen-bond donors (Lipinski definition) is 1. The molecule has 0 aliphatic carbocycles. The van der Waals surface area contributed by atoms with E-state index in [0.717, 1.165) is 45.7 Å². The number of anilines is 1. The summed E-state index contributed by atoms with van der Waals surface area (Å²) >= 11 is 0. The van der Waals surface area contributed by atoms with Crippen molar-refractivity contribution in [2.24, 2.45) is 5.73 Å². The van der Waals surface area contributed by atoms with Crippen LogP contribution in [0.4, 0.5) is 5.69 Å². The second-order valence-electron chi connectivity index (χ2n) is 5.39. The van der Waals surface area contributed by atoms with Crippen LogP contribution in [-0.4, -0.2) is 44.2 Å². The molecule has 0 saturated carbocycles. The molecule has 1 heterocycles. The van der Waals surface area contributed by atoms with E-state index in [9.17, 15) is 0 Å². The Hall–Kier alpha value is -1.06. The minimum Gasteiger partial charge on any atom is -0.369 e. The van der Waals surface area contributed by atoms with E-state index in [1.54, 1.807) is 0 Å². The van der Waals surface area contributed by atoms with E-state index >= 15 is 0 Å². The SMILES string of the molecule is CCCc1ccc(N2CCN(CCCN)CC2)cc1. The maximum Gasteiger partial charge on any atom is 0.0367 e. The van der Waals surface area contributed by atoms with Gasteiger partial charge in [-0.15, -0.1) is 0 Å². The highest BCUT2D eigenvalue weighted by molar-refractivity contribution is 5.48. The standard InChI is InChI=1S/C16H27N3/c1-2-4-15-5-7-16(8-6-15)19-13-11-18(12-14-19)10-3-9-17/h5-8H,2-4,9-14,17H2,1H3. The zero-order valence-electron chi connectivity index (χ0n) is 12.1. The molecule has 0 unspecified atom stereocenters. The highest BCUT2D eigenvalue weighted by Crippen LogP contribution is 2.18. The molecule has 0 amide bonds. The third kappa shape index (κ3) is 4.22. The Morgan fingerprint density at radius 3 is 2.32 bits per heavy atom. The van der Waals surface area contributed by atoms with Gasteiger partial charge in [-0.3, -0.25) is 4.90 Å². The number of aryl methyl sites for hydroxylation is 1. The second-order valence-corrected chi connectivity index (χ2v) is 5.39. The minimum absolute atomic E-state index is 0.805. The number of rotatable bonds is 6. The molecule has 1 saturated heterocycles. The molecule has 2 rings (SSSR count). The van der Waals surface area contributed by atoms with Gasteiger partial charge in [-0.25, -0.2) is 0 Å². The topological polar surface area (TPSA) is 32.5 Å². The highest BCUT2D eigenvalue weighted by Gasteiger charge is 2.16. The zero-order chi connectivity index (χ0) is 13.5. The minimum atomic E-state index is 0.805. The Bertz CT molecular complexity index is 353. The van der Waals surface area contributed by atoms with Crippen LogP contribution in [0.3, 0.4) is 0 Å². The van der Waals surface area contributed by atoms with Crippen LogP contribution in [0.15, 0.2) is 24.3 Å². The van der Waals surface area contributed by atoms with Crippen molar-refractivity contribution in [1.82, 2.24) is 4.90 Å². The van der Waals surface area contributed by atoms with Crippen LogP contribution < -0.4 is 10.6 Å². The molecule has 3 nitrogen and oxygen atoms in total. The number of benzene rings is 1. The van der Waals surface area contributed by atoms with Crippen molar-refractivity contribution < 1.29 is 0 Å². The van der Waals surface area contributed by atoms with Gasteiger partial charge >= 0.3 is 0 Å². The largest absolute Gasteiger partial charge is 0.369 e. The predicted octanol–water partition coefficient (Wildman–Crippen LogP) is 2.11. The van der Waals surface area contributed by atoms with Gasteiger partial charge < -0.3 is 10.6 Å². The molecule has 1 aromatic rings. The summed E-state index contributed by atoms with van der Waals surface area (Å²) in [6.45, 7) is 8.79. The lowest BCUT2D eigenvalue weighted by molar-refractivity contribution is 0.256. The number of hydrogen-bond acceptors (Lipinski definition) is 3. The summed E-state index contributed by atoms with van der Waals surface area (Å²) in [7, 11) is 0. The summed E-state index contributed by atoms with van der Waals surface area (Å²) in [6, 6.07) is 9.11. The van der Waals surface area contributed by atoms with Gasteiger partial charge in [-0.2, -0.15) is 0 Å². The van der Waals surface area contributed by atoms with Crippen LogP contribution in [0.5, 0.6) is 0 Å². The predicted molar refractivity (Wildman–Crippen MR) is 82.8 cm³/mol. The Morgan fingerprint density at radius 2 is 1.74 bits per heavy atom. The molecule has 0 spiro atoms. The van der Waals surface area contributed by atoms with Crippen LogP contribution in [0.25, 0.3) is 0 Å². The van der Waals surface area contributed by atoms with Crippen molar-refractivity contribution in [1.29, 1.82) is 0 Å². The first-order valence-electron chi connectivity index (χ1n) is 7.60. The fourth-order valence-electron chi connectivity index (χ4n) is 2.71. The fraction of sp³-hybridized carbons (Fsp3) is 0.625. The zero-order valence-corrected chi connectivity index (χ0v) is 12.1. The number of nitrogens with two attached hydrogens (primary N) is 1. The van der Waals surface area contributed by atoms with E-state index in [-0.39, 0.29) is 0 Å². The van der Waals surface area contributed by atoms with E-state index in [2.05, 4.69) is 41.0 Å². The Kier molecular flexibility index (Phi) is 5.67. The van der Waals surface area contributed by atoms with E-state index in [0.29, 0.717) is 0 Å². The molecular formula is C16H27N3. The fourth-order valence-corrected chi connectivity index (χ4v) is 2.71. The Balaban J connectivity index is 1.83. The maximum atomic E-state index is 5.57. The molecule has 0 bridgehead atoms. The van der Waals surface area contributed by atoms with Crippen molar-refractivity contribution in [3.05, 3.63) is 29.8 Å². The lowest BCUT2D eigenvalue weighted by Crippen LogP contribution is -2.46. The quantitative estimate of drug-likeness (QED) is 0.851. The summed E-state index contributed by atoms with van der Waals surface area (Å²) in [5, 5.41) is 0. The van der Waals surface area contributed by atoms with Crippen LogP contribution in [0.2, 0.25) is 0 Å². The molecular weight excluding hydrogens is 234 g/mol. The molecule has 1 fully saturated rings. The summed E-state index contributed by atoms with van der Waals surface area (Å²) in [6.07, 6.45) is 3.53. The third-order valence-corrected chi connectivity index (χ3v) is 3.89. The summed E-state index contributed by atoms with van der Waals surface area (Å²) in [5.74, 6) is 0. The van der Waals surface area contributed by atoms with Crippen molar-refractivity contribution in [2.75, 3.05) is 44.2 Å². The van der Waals surface area contributed by atoms with Crippen LogP contribution in [-0.2, 0) is 6.42 Å². The van der Waals surface area contributed by atoms with Crippen LogP contribution in [0, 0.1) is 0 Å². The smallest absolute Gasteiger partial charge is 0.0367 e. The van der Waals surface area contributed by atoms with Gasteiger partial charge in [0.25, 0.3) is 0 Å². The van der Waals surface area contributed by atoms with Crippen molar-refractivity contribution in [3.63, 3.8) is 0 Å². The lowest BCUT2D eigenvalue weighted by atomic mass is 10.1. The van der Waals surface area contributed by atoms with Gasteiger partial charge in [0.05, 0.1) is 0 Å². The molecule has 3 heteroatoms. The van der Waals surface area contributed by atoms with E-state index in [1.165, 1.54) is 24.1 Å². The third-order valence-electron chi connectivity index (χ3n) is 3.89. The van der Waals surface area contributed by atoms with Crippen LogP contribution >= 0.6 is 0 Å². The number of piperazine rings is 1. The van der Waals surface area contributed by atoms with E-state index in [1.807, 2.05) is 0 Å². The Morgan fingerprint density at radius 1 is 1.05 bits per heavy atom. The highest BCUT2D eigenvalue weighted by atomic mass is 15.3. The van der Waals surface area contributed by atoms with Gasteiger partial charge in [-0.1, -0.05) is 25.5 Å². The van der Waals surface area contributed by atoms with Crippen molar-refractivity contribution in [2.45, 2.75) is 26.2 Å². The van der Waals surface area contributed by atoms with Crippen LogP contribution in [0.1, 0.15) is 25.3 Å². The van der Waals surface area contributed by atoms with Crippen molar-refractivity contribution in [3.8, 4) is 0 Å². The summed E-state index contributed by atoms with van der Waals surface area (Å²) < 4.78 is 0. The summed E-state index contributed by atoms with van der Waals surface area (Å²) in [4.78, 5) is 5.02. The molecule has 0 atom stereocenters. The second kappa shape index (κ2) is 7.51. The summed E-state index contributed by atoms with van der Waals surface area (Å²) in [5.41, 5.74) is 8.39. The van der Waals surface area contributed by atoms with E-state index < -0.39 is 0 Å². The van der Waals surface area contributed by atoms with Gasteiger partial charge in [0, 0.05) is 31.9 Å². The molecule has 2 N–H and O–H groups in total. The van der Waals surface area contributed by atoms with E-state index in [4.69, 9.17) is 5.73 Å². The molecule has 1 aliphatic heterocycles. The van der Waals surface area contributed by atoms with Gasteiger partial charge in [-0.05, 0) is 43.6 Å². The Labute approximate surface area is 117 Å². The molecule has 106 valence electrons.